The molecule has 1 aromatic heterocycles. The summed E-state index contributed by atoms with van der Waals surface area (Å²) in [5.74, 6) is 0.466. The van der Waals surface area contributed by atoms with Gasteiger partial charge < -0.3 is 14.2 Å². The van der Waals surface area contributed by atoms with Crippen molar-refractivity contribution in [3.05, 3.63) is 52.9 Å². The fourth-order valence-electron chi connectivity index (χ4n) is 4.41. The second-order valence-corrected chi connectivity index (χ2v) is 9.24. The largest absolute Gasteiger partial charge is 0.497 e. The molecule has 4 heterocycles. The summed E-state index contributed by atoms with van der Waals surface area (Å²) in [6.45, 7) is 5.94. The van der Waals surface area contributed by atoms with Crippen LogP contribution in [0.25, 0.3) is 11.8 Å². The van der Waals surface area contributed by atoms with Crippen molar-refractivity contribution in [2.24, 2.45) is 10.1 Å². The predicted octanol–water partition coefficient (Wildman–Crippen LogP) is 4.17. The van der Waals surface area contributed by atoms with E-state index >= 15 is 0 Å². The van der Waals surface area contributed by atoms with E-state index in [0.717, 1.165) is 59.5 Å². The molecule has 5 rings (SSSR count). The lowest BCUT2D eigenvalue weighted by Gasteiger charge is -2.26. The molecule has 0 atom stereocenters. The smallest absolute Gasteiger partial charge is 0.283 e. The van der Waals surface area contributed by atoms with Gasteiger partial charge in [-0.1, -0.05) is 0 Å². The maximum absolute atomic E-state index is 12.9. The number of methoxy groups -OCH3 is 1. The minimum absolute atomic E-state index is 0.0683. The number of carbonyl (C=O) groups is 1. The molecule has 0 aliphatic carbocycles. The highest BCUT2D eigenvalue weighted by Gasteiger charge is 2.37. The van der Waals surface area contributed by atoms with Crippen LogP contribution in [0.5, 0.6) is 5.75 Å². The molecule has 3 aliphatic heterocycles. The van der Waals surface area contributed by atoms with Crippen LogP contribution < -0.4 is 4.74 Å². The fourth-order valence-corrected chi connectivity index (χ4v) is 5.36. The third kappa shape index (κ3) is 3.86. The van der Waals surface area contributed by atoms with Crippen molar-refractivity contribution in [1.29, 1.82) is 5.41 Å². The normalized spacial score (nSPS) is 19.7. The number of hydrogen-bond donors (Lipinski definition) is 1. The Labute approximate surface area is 197 Å². The van der Waals surface area contributed by atoms with Gasteiger partial charge in [0.05, 0.1) is 12.7 Å². The molecule has 0 spiro atoms. The Morgan fingerprint density at radius 2 is 1.82 bits per heavy atom. The zero-order valence-electron chi connectivity index (χ0n) is 19.0. The van der Waals surface area contributed by atoms with E-state index in [2.05, 4.69) is 19.6 Å². The quantitative estimate of drug-likeness (QED) is 0.692. The Kier molecular flexibility index (Phi) is 5.57. The highest BCUT2D eigenvalue weighted by atomic mass is 32.2. The van der Waals surface area contributed by atoms with Crippen LogP contribution in [0.1, 0.15) is 36.2 Å². The van der Waals surface area contributed by atoms with Gasteiger partial charge in [-0.2, -0.15) is 10.0 Å². The van der Waals surface area contributed by atoms with Crippen molar-refractivity contribution in [2.45, 2.75) is 33.1 Å². The van der Waals surface area contributed by atoms with Crippen LogP contribution >= 0.6 is 11.8 Å². The van der Waals surface area contributed by atoms with E-state index in [1.807, 2.05) is 44.2 Å². The van der Waals surface area contributed by atoms with Crippen molar-refractivity contribution in [3.63, 3.8) is 0 Å². The number of aromatic nitrogens is 1. The molecule has 3 aliphatic rings. The number of hydrogen-bond acceptors (Lipinski definition) is 6. The number of carbonyl (C=O) groups excluding carboxylic acids is 1. The molecule has 170 valence electrons. The second-order valence-electron chi connectivity index (χ2n) is 8.31. The van der Waals surface area contributed by atoms with Gasteiger partial charge in [-0.15, -0.1) is 5.10 Å². The highest BCUT2D eigenvalue weighted by Crippen LogP contribution is 2.31. The Morgan fingerprint density at radius 3 is 2.52 bits per heavy atom. The Morgan fingerprint density at radius 1 is 1.09 bits per heavy atom. The summed E-state index contributed by atoms with van der Waals surface area (Å²) < 4.78 is 7.38. The number of rotatable bonds is 3. The van der Waals surface area contributed by atoms with Gasteiger partial charge in [0, 0.05) is 30.2 Å². The van der Waals surface area contributed by atoms with E-state index in [1.165, 1.54) is 23.2 Å². The number of amidine groups is 3. The number of piperidine rings is 1. The first kappa shape index (κ1) is 21.5. The first-order valence-corrected chi connectivity index (χ1v) is 11.9. The predicted molar refractivity (Wildman–Crippen MR) is 132 cm³/mol. The van der Waals surface area contributed by atoms with Gasteiger partial charge in [0.25, 0.3) is 5.91 Å². The SMILES string of the molecule is COc1ccc(-n2c(C)cc(/C=C3/C(=N)N4N=C(N5CCCCC5)SC4=NC3=O)c2C)cc1. The molecule has 0 radical (unpaired) electrons. The van der Waals surface area contributed by atoms with E-state index < -0.39 is 5.91 Å². The first-order chi connectivity index (χ1) is 16.0. The van der Waals surface area contributed by atoms with Crippen LogP contribution in [0.15, 0.2) is 46.0 Å². The van der Waals surface area contributed by atoms with Crippen molar-refractivity contribution in [3.8, 4) is 11.4 Å². The summed E-state index contributed by atoms with van der Waals surface area (Å²) >= 11 is 1.38. The van der Waals surface area contributed by atoms with Gasteiger partial charge in [-0.3, -0.25) is 10.2 Å². The maximum atomic E-state index is 12.9. The van der Waals surface area contributed by atoms with Crippen molar-refractivity contribution < 1.29 is 9.53 Å². The van der Waals surface area contributed by atoms with E-state index in [1.54, 1.807) is 13.2 Å². The van der Waals surface area contributed by atoms with Gasteiger partial charge in [-0.05, 0) is 86.8 Å². The second kappa shape index (κ2) is 8.55. The van der Waals surface area contributed by atoms with E-state index in [-0.39, 0.29) is 11.4 Å². The van der Waals surface area contributed by atoms with Crippen LogP contribution in [-0.4, -0.2) is 56.8 Å². The number of nitrogens with one attached hydrogen (secondary N) is 1. The molecule has 1 aromatic carbocycles. The summed E-state index contributed by atoms with van der Waals surface area (Å²) in [4.78, 5) is 19.3. The number of thioether (sulfide) groups is 1. The average molecular weight is 463 g/mol. The van der Waals surface area contributed by atoms with Crippen molar-refractivity contribution >= 4 is 39.9 Å². The molecule has 1 amide bonds. The molecule has 0 saturated carbocycles. The fraction of sp³-hybridized carbons (Fsp3) is 0.333. The van der Waals surface area contributed by atoms with E-state index in [0.29, 0.717) is 5.17 Å². The summed E-state index contributed by atoms with van der Waals surface area (Å²) in [5, 5.41) is 16.1. The summed E-state index contributed by atoms with van der Waals surface area (Å²) in [5.41, 5.74) is 4.15. The average Bonchev–Trinajstić information content (AvgIpc) is 3.38. The minimum Gasteiger partial charge on any atom is -0.497 e. The number of nitrogens with zero attached hydrogens (tertiary/aromatic N) is 5. The zero-order valence-corrected chi connectivity index (χ0v) is 19.8. The van der Waals surface area contributed by atoms with Crippen molar-refractivity contribution in [2.75, 3.05) is 20.2 Å². The molecular formula is C24H26N6O2S. The summed E-state index contributed by atoms with van der Waals surface area (Å²) in [7, 11) is 1.65. The molecule has 1 fully saturated rings. The molecule has 9 heteroatoms. The van der Waals surface area contributed by atoms with E-state index in [9.17, 15) is 4.79 Å². The number of ether oxygens (including phenoxy) is 1. The van der Waals surface area contributed by atoms with Gasteiger partial charge in [-0.25, -0.2) is 0 Å². The molecular weight excluding hydrogens is 436 g/mol. The summed E-state index contributed by atoms with van der Waals surface area (Å²) in [6.07, 6.45) is 5.26. The molecule has 1 N–H and O–H groups in total. The van der Waals surface area contributed by atoms with Gasteiger partial charge >= 0.3 is 0 Å². The number of hydrazone groups is 1. The minimum atomic E-state index is -0.400. The first-order valence-electron chi connectivity index (χ1n) is 11.0. The number of benzene rings is 1. The topological polar surface area (TPSA) is 86.3 Å². The monoisotopic (exact) mass is 462 g/mol. The number of fused-ring (bicyclic) bond motifs is 1. The molecule has 0 bridgehead atoms. The number of aryl methyl sites for hydroxylation is 1. The number of amides is 1. The van der Waals surface area contributed by atoms with Gasteiger partial charge in [0.2, 0.25) is 5.17 Å². The van der Waals surface area contributed by atoms with Crippen LogP contribution in [-0.2, 0) is 4.79 Å². The number of likely N-dealkylation sites (tertiary alicyclic amines) is 1. The third-order valence-corrected chi connectivity index (χ3v) is 7.14. The summed E-state index contributed by atoms with van der Waals surface area (Å²) in [6, 6.07) is 9.86. The lowest BCUT2D eigenvalue weighted by atomic mass is 10.1. The molecule has 0 unspecified atom stereocenters. The van der Waals surface area contributed by atoms with Crippen LogP contribution in [0, 0.1) is 19.3 Å². The van der Waals surface area contributed by atoms with Crippen LogP contribution in [0.4, 0.5) is 0 Å². The Hall–Kier alpha value is -3.33. The standard InChI is InChI=1S/C24H26N6O2S/c1-15-13-17(16(2)29(15)18-7-9-19(32-3)10-8-18)14-20-21(25)30-23(26-22(20)31)33-24(27-30)28-11-5-4-6-12-28/h7-10,13-14,25H,4-6,11-12H2,1-3H3/b20-14-,25-21?. The zero-order chi connectivity index (χ0) is 23.1. The molecule has 33 heavy (non-hydrogen) atoms. The van der Waals surface area contributed by atoms with Crippen molar-refractivity contribution in [1.82, 2.24) is 14.5 Å². The van der Waals surface area contributed by atoms with Gasteiger partial charge in [0.15, 0.2) is 11.0 Å². The molecule has 1 saturated heterocycles. The van der Waals surface area contributed by atoms with E-state index in [4.69, 9.17) is 10.1 Å². The maximum Gasteiger partial charge on any atom is 0.283 e. The highest BCUT2D eigenvalue weighted by molar-refractivity contribution is 8.26. The molecule has 2 aromatic rings. The lowest BCUT2D eigenvalue weighted by Crippen LogP contribution is -2.35. The molecule has 8 nitrogen and oxygen atoms in total. The van der Waals surface area contributed by atoms with Gasteiger partial charge in [0.1, 0.15) is 5.75 Å². The Bertz CT molecular complexity index is 1220. The third-order valence-electron chi connectivity index (χ3n) is 6.17. The number of aliphatic imine (C=N–C) groups is 1. The van der Waals surface area contributed by atoms with Crippen LogP contribution in [0.3, 0.4) is 0 Å². The Balaban J connectivity index is 1.46. The lowest BCUT2D eigenvalue weighted by molar-refractivity contribution is -0.114. The van der Waals surface area contributed by atoms with Crippen LogP contribution in [0.2, 0.25) is 0 Å².